The lowest BCUT2D eigenvalue weighted by Crippen LogP contribution is -2.17. The summed E-state index contributed by atoms with van der Waals surface area (Å²) in [6, 6.07) is 8.66. The highest BCUT2D eigenvalue weighted by Gasteiger charge is 2.25. The van der Waals surface area contributed by atoms with Gasteiger partial charge in [-0.15, -0.1) is 0 Å². The van der Waals surface area contributed by atoms with Crippen LogP contribution >= 0.6 is 0 Å². The maximum atomic E-state index is 13.1. The highest BCUT2D eigenvalue weighted by atomic mass is 19.1. The zero-order valence-electron chi connectivity index (χ0n) is 16.9. The van der Waals surface area contributed by atoms with Gasteiger partial charge >= 0.3 is 0 Å². The van der Waals surface area contributed by atoms with Gasteiger partial charge in [-0.3, -0.25) is 0 Å². The molecule has 0 amide bonds. The molecular weight excluding hydrogens is 352 g/mol. The maximum absolute atomic E-state index is 13.1. The van der Waals surface area contributed by atoms with E-state index in [-0.39, 0.29) is 5.82 Å². The molecule has 0 aliphatic heterocycles. The minimum absolute atomic E-state index is 0.141. The van der Waals surface area contributed by atoms with Crippen LogP contribution in [0.3, 0.4) is 0 Å². The fourth-order valence-corrected chi connectivity index (χ4v) is 5.29. The minimum atomic E-state index is -0.636. The van der Waals surface area contributed by atoms with Crippen LogP contribution in [0.5, 0.6) is 0 Å². The van der Waals surface area contributed by atoms with Gasteiger partial charge in [0.2, 0.25) is 0 Å². The zero-order chi connectivity index (χ0) is 19.8. The van der Waals surface area contributed by atoms with Crippen LogP contribution in [0.4, 0.5) is 8.78 Å². The Hall–Kier alpha value is -1.69. The molecule has 152 valence electrons. The summed E-state index contributed by atoms with van der Waals surface area (Å²) in [4.78, 5) is 0. The first kappa shape index (κ1) is 21.0. The van der Waals surface area contributed by atoms with Crippen LogP contribution in [-0.4, -0.2) is 0 Å². The summed E-state index contributed by atoms with van der Waals surface area (Å²) >= 11 is 0. The number of benzene rings is 1. The molecule has 1 aromatic carbocycles. The van der Waals surface area contributed by atoms with Crippen molar-refractivity contribution in [2.75, 3.05) is 0 Å². The lowest BCUT2D eigenvalue weighted by atomic mass is 9.74. The summed E-state index contributed by atoms with van der Waals surface area (Å²) < 4.78 is 25.9. The number of hydrogen-bond acceptors (Lipinski definition) is 1. The van der Waals surface area contributed by atoms with Gasteiger partial charge in [-0.05, 0) is 86.0 Å². The second-order valence-corrected chi connectivity index (χ2v) is 8.97. The predicted molar refractivity (Wildman–Crippen MR) is 110 cm³/mol. The topological polar surface area (TPSA) is 23.8 Å². The van der Waals surface area contributed by atoms with E-state index in [1.807, 2.05) is 12.1 Å². The molecule has 0 spiro atoms. The summed E-state index contributed by atoms with van der Waals surface area (Å²) in [5.74, 6) is 2.30. The molecule has 0 radical (unpaired) electrons. The molecule has 2 fully saturated rings. The molecule has 2 aliphatic carbocycles. The molecule has 0 unspecified atom stereocenters. The minimum Gasteiger partial charge on any atom is -0.207 e. The molecule has 3 rings (SSSR count). The lowest BCUT2D eigenvalue weighted by molar-refractivity contribution is 0.225. The van der Waals surface area contributed by atoms with Gasteiger partial charge in [0.25, 0.3) is 0 Å². The Morgan fingerprint density at radius 2 is 1.36 bits per heavy atom. The Labute approximate surface area is 168 Å². The van der Waals surface area contributed by atoms with Crippen molar-refractivity contribution in [3.8, 4) is 6.07 Å². The van der Waals surface area contributed by atoms with Crippen molar-refractivity contribution in [1.29, 1.82) is 5.26 Å². The third-order valence-electron chi connectivity index (χ3n) is 7.14. The van der Waals surface area contributed by atoms with Crippen molar-refractivity contribution in [3.63, 3.8) is 0 Å². The fourth-order valence-electron chi connectivity index (χ4n) is 5.29. The average Bonchev–Trinajstić information content (AvgIpc) is 2.74. The molecule has 0 heterocycles. The van der Waals surface area contributed by atoms with Crippen LogP contribution in [-0.2, 0) is 0 Å². The molecule has 3 heteroatoms. The van der Waals surface area contributed by atoms with Crippen LogP contribution in [0.25, 0.3) is 0 Å². The number of nitrogens with zero attached hydrogens (tertiary/aromatic N) is 1. The van der Waals surface area contributed by atoms with Gasteiger partial charge in [0.05, 0.1) is 0 Å². The standard InChI is InChI=1S/C25H33F2N/c26-24-16-14-23(15-17-24)22-12-10-21(11-13-22)9-8-20-6-4-19(5-7-20)2-1-3-25(27)18-28/h3,14-17,19-22H,1-2,4-13H2/b25-3-. The van der Waals surface area contributed by atoms with E-state index in [0.29, 0.717) is 18.3 Å². The Kier molecular flexibility index (Phi) is 8.07. The van der Waals surface area contributed by atoms with Crippen LogP contribution in [0.1, 0.15) is 88.5 Å². The van der Waals surface area contributed by atoms with Crippen LogP contribution in [0.2, 0.25) is 0 Å². The number of nitriles is 1. The summed E-state index contributed by atoms with van der Waals surface area (Å²) in [6.45, 7) is 0. The fraction of sp³-hybridized carbons (Fsp3) is 0.640. The maximum Gasteiger partial charge on any atom is 0.196 e. The third-order valence-corrected chi connectivity index (χ3v) is 7.14. The SMILES string of the molecule is N#C/C(F)=C/CCC1CCC(CCC2CCC(c3ccc(F)cc3)CC2)CC1. The molecule has 0 atom stereocenters. The Morgan fingerprint density at radius 1 is 0.857 bits per heavy atom. The van der Waals surface area contributed by atoms with Crippen molar-refractivity contribution in [1.82, 2.24) is 0 Å². The molecule has 0 bridgehead atoms. The van der Waals surface area contributed by atoms with Gasteiger partial charge in [0.1, 0.15) is 11.9 Å². The van der Waals surface area contributed by atoms with Gasteiger partial charge in [-0.25, -0.2) is 4.39 Å². The van der Waals surface area contributed by atoms with E-state index in [1.54, 1.807) is 18.2 Å². The molecule has 0 saturated heterocycles. The third kappa shape index (κ3) is 6.43. The number of halogens is 2. The van der Waals surface area contributed by atoms with Gasteiger partial charge in [-0.1, -0.05) is 50.7 Å². The smallest absolute Gasteiger partial charge is 0.196 e. The molecular formula is C25H33F2N. The second kappa shape index (κ2) is 10.7. The molecule has 0 N–H and O–H groups in total. The molecule has 1 aromatic rings. The molecule has 2 saturated carbocycles. The summed E-state index contributed by atoms with van der Waals surface area (Å²) in [5, 5.41) is 8.45. The first-order valence-corrected chi connectivity index (χ1v) is 11.1. The largest absolute Gasteiger partial charge is 0.207 e. The zero-order valence-corrected chi connectivity index (χ0v) is 16.9. The van der Waals surface area contributed by atoms with Crippen molar-refractivity contribution >= 4 is 0 Å². The van der Waals surface area contributed by atoms with Gasteiger partial charge in [0, 0.05) is 0 Å². The molecule has 1 nitrogen and oxygen atoms in total. The van der Waals surface area contributed by atoms with E-state index >= 15 is 0 Å². The van der Waals surface area contributed by atoms with Crippen LogP contribution < -0.4 is 0 Å². The van der Waals surface area contributed by atoms with Gasteiger partial charge in [-0.2, -0.15) is 9.65 Å². The molecule has 28 heavy (non-hydrogen) atoms. The number of hydrogen-bond donors (Lipinski definition) is 0. The van der Waals surface area contributed by atoms with Gasteiger partial charge < -0.3 is 0 Å². The first-order chi connectivity index (χ1) is 13.6. The second-order valence-electron chi connectivity index (χ2n) is 8.97. The average molecular weight is 386 g/mol. The van der Waals surface area contributed by atoms with E-state index in [1.165, 1.54) is 75.8 Å². The molecule has 2 aliphatic rings. The lowest BCUT2D eigenvalue weighted by Gasteiger charge is -2.32. The quantitative estimate of drug-likeness (QED) is 0.438. The number of allylic oxidation sites excluding steroid dienone is 2. The Bertz CT molecular complexity index is 657. The summed E-state index contributed by atoms with van der Waals surface area (Å²) in [5.41, 5.74) is 1.31. The molecule has 0 aromatic heterocycles. The predicted octanol–water partition coefficient (Wildman–Crippen LogP) is 7.84. The number of rotatable bonds is 7. The van der Waals surface area contributed by atoms with E-state index in [0.717, 1.165) is 18.3 Å². The normalized spacial score (nSPS) is 28.7. The van der Waals surface area contributed by atoms with Gasteiger partial charge in [0.15, 0.2) is 5.83 Å². The van der Waals surface area contributed by atoms with Crippen molar-refractivity contribution < 1.29 is 8.78 Å². The van der Waals surface area contributed by atoms with Crippen LogP contribution in [0.15, 0.2) is 36.2 Å². The monoisotopic (exact) mass is 385 g/mol. The highest BCUT2D eigenvalue weighted by molar-refractivity contribution is 5.20. The van der Waals surface area contributed by atoms with Crippen molar-refractivity contribution in [2.24, 2.45) is 17.8 Å². The summed E-state index contributed by atoms with van der Waals surface area (Å²) in [7, 11) is 0. The van der Waals surface area contributed by atoms with Crippen molar-refractivity contribution in [3.05, 3.63) is 47.5 Å². The van der Waals surface area contributed by atoms with E-state index in [4.69, 9.17) is 5.26 Å². The highest BCUT2D eigenvalue weighted by Crippen LogP contribution is 2.40. The van der Waals surface area contributed by atoms with E-state index in [9.17, 15) is 8.78 Å². The van der Waals surface area contributed by atoms with Crippen molar-refractivity contribution in [2.45, 2.75) is 83.0 Å². The van der Waals surface area contributed by atoms with E-state index in [2.05, 4.69) is 0 Å². The van der Waals surface area contributed by atoms with Crippen LogP contribution in [0, 0.1) is 34.9 Å². The first-order valence-electron chi connectivity index (χ1n) is 11.1. The summed E-state index contributed by atoms with van der Waals surface area (Å²) in [6.07, 6.45) is 16.2. The van der Waals surface area contributed by atoms with E-state index < -0.39 is 5.83 Å². The Morgan fingerprint density at radius 3 is 1.89 bits per heavy atom. The Balaban J connectivity index is 1.30.